The minimum absolute atomic E-state index is 0.122. The number of fused-ring (bicyclic) bond motifs is 1. The van der Waals surface area contributed by atoms with E-state index in [-0.39, 0.29) is 10.7 Å². The molecule has 0 aliphatic rings. The van der Waals surface area contributed by atoms with Crippen LogP contribution in [0.25, 0.3) is 5.52 Å². The Labute approximate surface area is 114 Å². The van der Waals surface area contributed by atoms with Gasteiger partial charge in [-0.3, -0.25) is 9.78 Å². The molecule has 5 nitrogen and oxygen atoms in total. The molecule has 18 heavy (non-hydrogen) atoms. The number of carbonyl (C=O) groups excluding carboxylic acids is 1. The smallest absolute Gasteiger partial charge is 0.255 e. The lowest BCUT2D eigenvalue weighted by Gasteiger charge is -2.13. The summed E-state index contributed by atoms with van der Waals surface area (Å²) >= 11 is 3.54. The molecule has 2 heterocycles. The van der Waals surface area contributed by atoms with Crippen molar-refractivity contribution in [1.82, 2.24) is 19.9 Å². The van der Waals surface area contributed by atoms with Gasteiger partial charge in [-0.25, -0.2) is 4.52 Å². The van der Waals surface area contributed by atoms with Gasteiger partial charge in [0.1, 0.15) is 0 Å². The minimum atomic E-state index is -0.122. The third-order valence-corrected chi connectivity index (χ3v) is 4.13. The van der Waals surface area contributed by atoms with Crippen molar-refractivity contribution < 1.29 is 4.79 Å². The van der Waals surface area contributed by atoms with Crippen molar-refractivity contribution in [1.29, 1.82) is 0 Å². The summed E-state index contributed by atoms with van der Waals surface area (Å²) in [5.74, 6) is 0.346. The van der Waals surface area contributed by atoms with E-state index >= 15 is 0 Å². The fourth-order valence-corrected chi connectivity index (χ4v) is 1.69. The van der Waals surface area contributed by atoms with Crippen LogP contribution in [-0.2, 0) is 0 Å². The number of halogens is 1. The molecule has 2 rings (SSSR count). The summed E-state index contributed by atoms with van der Waals surface area (Å²) in [7, 11) is 0. The molecule has 1 atom stereocenters. The molecule has 0 radical (unpaired) electrons. The number of rotatable bonds is 4. The maximum absolute atomic E-state index is 12.0. The zero-order valence-corrected chi connectivity index (χ0v) is 11.9. The molecule has 1 N–H and O–H groups in total. The van der Waals surface area contributed by atoms with Crippen LogP contribution in [0.4, 0.5) is 0 Å². The molecule has 1 amide bonds. The van der Waals surface area contributed by atoms with Gasteiger partial charge in [0, 0.05) is 23.8 Å². The predicted molar refractivity (Wildman–Crippen MR) is 72.9 cm³/mol. The fourth-order valence-electron chi connectivity index (χ4n) is 1.53. The van der Waals surface area contributed by atoms with Gasteiger partial charge in [0.05, 0.1) is 23.5 Å². The van der Waals surface area contributed by atoms with Gasteiger partial charge < -0.3 is 5.32 Å². The Morgan fingerprint density at radius 1 is 1.50 bits per heavy atom. The Balaban J connectivity index is 2.10. The van der Waals surface area contributed by atoms with Crippen LogP contribution in [0.2, 0.25) is 0 Å². The molecular weight excluding hydrogens is 296 g/mol. The van der Waals surface area contributed by atoms with E-state index in [0.29, 0.717) is 23.5 Å². The van der Waals surface area contributed by atoms with Gasteiger partial charge in [-0.1, -0.05) is 29.8 Å². The maximum atomic E-state index is 12.0. The van der Waals surface area contributed by atoms with E-state index in [1.807, 2.05) is 0 Å². The number of alkyl halides is 1. The van der Waals surface area contributed by atoms with Crippen LogP contribution in [0, 0.1) is 5.92 Å². The second-order valence-corrected chi connectivity index (χ2v) is 5.61. The molecule has 96 valence electrons. The molecular formula is C12H15BrN4O. The summed E-state index contributed by atoms with van der Waals surface area (Å²) in [6.45, 7) is 4.80. The van der Waals surface area contributed by atoms with E-state index in [9.17, 15) is 4.79 Å². The van der Waals surface area contributed by atoms with Gasteiger partial charge in [-0.15, -0.1) is 0 Å². The average molecular weight is 311 g/mol. The standard InChI is InChI=1S/C12H15BrN4O/c1-8(2)10(13)6-15-12(18)9-5-16-17-4-3-14-7-11(9)17/h3-5,7-8,10H,6H2,1-2H3,(H,15,18). The molecule has 0 saturated carbocycles. The highest BCUT2D eigenvalue weighted by molar-refractivity contribution is 9.09. The SMILES string of the molecule is CC(C)C(Br)CNC(=O)c1cnn2ccncc12. The summed E-state index contributed by atoms with van der Waals surface area (Å²) in [5.41, 5.74) is 1.26. The van der Waals surface area contributed by atoms with Gasteiger partial charge in [-0.05, 0) is 5.92 Å². The number of carbonyl (C=O) groups is 1. The molecule has 0 saturated heterocycles. The maximum Gasteiger partial charge on any atom is 0.255 e. The van der Waals surface area contributed by atoms with Crippen molar-refractivity contribution >= 4 is 27.4 Å². The topological polar surface area (TPSA) is 59.3 Å². The molecule has 0 fully saturated rings. The number of hydrogen-bond donors (Lipinski definition) is 1. The van der Waals surface area contributed by atoms with Crippen LogP contribution in [0.1, 0.15) is 24.2 Å². The van der Waals surface area contributed by atoms with Crippen molar-refractivity contribution in [3.05, 3.63) is 30.4 Å². The van der Waals surface area contributed by atoms with Crippen molar-refractivity contribution in [3.63, 3.8) is 0 Å². The van der Waals surface area contributed by atoms with Crippen molar-refractivity contribution in [2.24, 2.45) is 5.92 Å². The van der Waals surface area contributed by atoms with E-state index in [1.165, 1.54) is 0 Å². The zero-order valence-electron chi connectivity index (χ0n) is 10.3. The molecule has 0 aliphatic heterocycles. The summed E-state index contributed by atoms with van der Waals surface area (Å²) < 4.78 is 1.63. The molecule has 1 unspecified atom stereocenters. The highest BCUT2D eigenvalue weighted by Crippen LogP contribution is 2.12. The van der Waals surface area contributed by atoms with Crippen LogP contribution in [0.3, 0.4) is 0 Å². The molecule has 6 heteroatoms. The van der Waals surface area contributed by atoms with Crippen LogP contribution in [-0.4, -0.2) is 31.9 Å². The summed E-state index contributed by atoms with van der Waals surface area (Å²) in [6.07, 6.45) is 6.55. The third kappa shape index (κ3) is 2.69. The van der Waals surface area contributed by atoms with Crippen molar-refractivity contribution in [2.75, 3.05) is 6.54 Å². The second-order valence-electron chi connectivity index (χ2n) is 4.43. The largest absolute Gasteiger partial charge is 0.351 e. The van der Waals surface area contributed by atoms with Gasteiger partial charge in [0.25, 0.3) is 5.91 Å². The van der Waals surface area contributed by atoms with Crippen LogP contribution >= 0.6 is 15.9 Å². The molecule has 2 aromatic rings. The van der Waals surface area contributed by atoms with Gasteiger partial charge >= 0.3 is 0 Å². The molecule has 0 aliphatic carbocycles. The Kier molecular flexibility index (Phi) is 3.96. The lowest BCUT2D eigenvalue weighted by molar-refractivity contribution is 0.0954. The quantitative estimate of drug-likeness (QED) is 0.877. The Bertz CT molecular complexity index is 552. The van der Waals surface area contributed by atoms with E-state index in [2.05, 4.69) is 45.2 Å². The molecule has 0 spiro atoms. The highest BCUT2D eigenvalue weighted by atomic mass is 79.9. The van der Waals surface area contributed by atoms with Crippen molar-refractivity contribution in [2.45, 2.75) is 18.7 Å². The van der Waals surface area contributed by atoms with E-state index in [0.717, 1.165) is 0 Å². The van der Waals surface area contributed by atoms with Crippen LogP contribution in [0.5, 0.6) is 0 Å². The lowest BCUT2D eigenvalue weighted by Crippen LogP contribution is -2.31. The summed E-state index contributed by atoms with van der Waals surface area (Å²) in [4.78, 5) is 16.3. The second kappa shape index (κ2) is 5.48. The Morgan fingerprint density at radius 2 is 2.28 bits per heavy atom. The average Bonchev–Trinajstić information content (AvgIpc) is 2.79. The number of nitrogens with one attached hydrogen (secondary N) is 1. The molecule has 0 aromatic carbocycles. The van der Waals surface area contributed by atoms with Crippen molar-refractivity contribution in [3.8, 4) is 0 Å². The fraction of sp³-hybridized carbons (Fsp3) is 0.417. The van der Waals surface area contributed by atoms with E-state index in [1.54, 1.807) is 29.3 Å². The third-order valence-electron chi connectivity index (χ3n) is 2.75. The first-order valence-electron chi connectivity index (χ1n) is 5.79. The first kappa shape index (κ1) is 13.0. The number of nitrogens with zero attached hydrogens (tertiary/aromatic N) is 3. The first-order valence-corrected chi connectivity index (χ1v) is 6.70. The number of amides is 1. The zero-order chi connectivity index (χ0) is 13.1. The number of hydrogen-bond acceptors (Lipinski definition) is 3. The van der Waals surface area contributed by atoms with E-state index in [4.69, 9.17) is 0 Å². The number of aromatic nitrogens is 3. The van der Waals surface area contributed by atoms with E-state index < -0.39 is 0 Å². The van der Waals surface area contributed by atoms with Crippen LogP contribution < -0.4 is 5.32 Å². The minimum Gasteiger partial charge on any atom is -0.351 e. The van der Waals surface area contributed by atoms with Gasteiger partial charge in [-0.2, -0.15) is 5.10 Å². The molecule has 0 bridgehead atoms. The molecule has 2 aromatic heterocycles. The Hall–Kier alpha value is -1.43. The van der Waals surface area contributed by atoms with Gasteiger partial charge in [0.2, 0.25) is 0 Å². The van der Waals surface area contributed by atoms with Gasteiger partial charge in [0.15, 0.2) is 0 Å². The monoisotopic (exact) mass is 310 g/mol. The Morgan fingerprint density at radius 3 is 3.00 bits per heavy atom. The lowest BCUT2D eigenvalue weighted by atomic mass is 10.1. The van der Waals surface area contributed by atoms with Crippen LogP contribution in [0.15, 0.2) is 24.8 Å². The first-order chi connectivity index (χ1) is 8.59. The summed E-state index contributed by atoms with van der Waals surface area (Å²) in [5, 5.41) is 7.00. The summed E-state index contributed by atoms with van der Waals surface area (Å²) in [6, 6.07) is 0. The highest BCUT2D eigenvalue weighted by Gasteiger charge is 2.15. The normalized spacial score (nSPS) is 12.9. The predicted octanol–water partition coefficient (Wildman–Crippen LogP) is 1.88.